The Morgan fingerprint density at radius 2 is 1.39 bits per heavy atom. The van der Waals surface area contributed by atoms with Crippen molar-refractivity contribution in [1.29, 1.82) is 0 Å². The number of carbonyl (C=O) groups is 2. The number of aromatic amines is 1. The van der Waals surface area contributed by atoms with E-state index in [1.165, 1.54) is 38.2 Å². The highest BCUT2D eigenvalue weighted by Crippen LogP contribution is 2.34. The molecule has 0 radical (unpaired) electrons. The maximum atomic E-state index is 13.1. The molecule has 4 heterocycles. The molecule has 0 aliphatic carbocycles. The molecule has 4 rings (SSSR count). The predicted molar refractivity (Wildman–Crippen MR) is 207 cm³/mol. The van der Waals surface area contributed by atoms with Gasteiger partial charge in [-0.3, -0.25) is 23.9 Å². The average Bonchev–Trinajstić information content (AvgIpc) is 3.47. The predicted octanol–water partition coefficient (Wildman–Crippen LogP) is -2.09. The number of unbranched alkanes of at least 4 members (excludes halogenated alkanes) is 8. The highest BCUT2D eigenvalue weighted by atomic mass is 16.8. The van der Waals surface area contributed by atoms with Crippen LogP contribution >= 0.6 is 0 Å². The van der Waals surface area contributed by atoms with Crippen LogP contribution in [0.1, 0.15) is 97.6 Å². The van der Waals surface area contributed by atoms with Gasteiger partial charge in [-0.1, -0.05) is 71.3 Å². The number of hydrogen-bond donors (Lipinski definition) is 11. The summed E-state index contributed by atoms with van der Waals surface area (Å²) >= 11 is 0. The Bertz CT molecular complexity index is 1610. The summed E-state index contributed by atoms with van der Waals surface area (Å²) in [7, 11) is 0. The van der Waals surface area contributed by atoms with E-state index in [-0.39, 0.29) is 0 Å². The maximum Gasteiger partial charge on any atom is 0.330 e. The lowest BCUT2D eigenvalue weighted by Gasteiger charge is -2.47. The number of aliphatic hydroxyl groups is 8. The normalized spacial score (nSPS) is 34.3. The topological polar surface area (TPSA) is 312 Å². The minimum absolute atomic E-state index is 0.597. The van der Waals surface area contributed by atoms with Gasteiger partial charge >= 0.3 is 5.69 Å². The van der Waals surface area contributed by atoms with Gasteiger partial charge in [-0.2, -0.15) is 0 Å². The van der Waals surface area contributed by atoms with Crippen LogP contribution < -0.4 is 21.9 Å². The number of hydrogen-bond acceptors (Lipinski definition) is 16. The molecule has 2 unspecified atom stereocenters. The van der Waals surface area contributed by atoms with Gasteiger partial charge in [0.2, 0.25) is 11.8 Å². The van der Waals surface area contributed by atoms with E-state index in [4.69, 9.17) is 18.9 Å². The Labute approximate surface area is 342 Å². The van der Waals surface area contributed by atoms with Gasteiger partial charge in [0.25, 0.3) is 5.56 Å². The number of amides is 2. The number of H-pyrrole nitrogens is 1. The first-order valence-electron chi connectivity index (χ1n) is 20.6. The molecule has 1 aromatic heterocycles. The Balaban J connectivity index is 1.44. The first-order chi connectivity index (χ1) is 28.0. The zero-order valence-electron chi connectivity index (χ0n) is 33.8. The molecule has 15 atom stereocenters. The number of rotatable bonds is 21. The molecular formula is C39H64N4O16. The van der Waals surface area contributed by atoms with Crippen LogP contribution in [0.3, 0.4) is 0 Å². The van der Waals surface area contributed by atoms with Crippen LogP contribution in [-0.2, 0) is 28.5 Å². The van der Waals surface area contributed by atoms with Crippen LogP contribution in [0.2, 0.25) is 0 Å². The second-order valence-electron chi connectivity index (χ2n) is 16.1. The van der Waals surface area contributed by atoms with Crippen LogP contribution in [0.15, 0.2) is 34.0 Å². The Morgan fingerprint density at radius 1 is 0.814 bits per heavy atom. The molecule has 3 fully saturated rings. The lowest BCUT2D eigenvalue weighted by molar-refractivity contribution is -0.346. The van der Waals surface area contributed by atoms with Crippen molar-refractivity contribution in [2.45, 2.75) is 183 Å². The number of aromatic nitrogens is 2. The molecule has 3 aliphatic rings. The van der Waals surface area contributed by atoms with E-state index in [1.807, 2.05) is 4.98 Å². The van der Waals surface area contributed by atoms with Crippen molar-refractivity contribution < 1.29 is 69.4 Å². The molecule has 0 spiro atoms. The first-order valence-corrected chi connectivity index (χ1v) is 20.6. The fraction of sp³-hybridized carbons (Fsp3) is 0.795. The minimum Gasteiger partial charge on any atom is -0.394 e. The van der Waals surface area contributed by atoms with Crippen molar-refractivity contribution in [3.63, 3.8) is 0 Å². The van der Waals surface area contributed by atoms with E-state index in [1.54, 1.807) is 6.08 Å². The Kier molecular flexibility index (Phi) is 19.1. The van der Waals surface area contributed by atoms with Crippen molar-refractivity contribution in [2.75, 3.05) is 6.61 Å². The molecule has 3 saturated heterocycles. The highest BCUT2D eigenvalue weighted by molar-refractivity contribution is 5.87. The van der Waals surface area contributed by atoms with E-state index in [0.717, 1.165) is 55.4 Å². The van der Waals surface area contributed by atoms with Crippen molar-refractivity contribution in [1.82, 2.24) is 20.2 Å². The number of nitrogens with zero attached hydrogens (tertiary/aromatic N) is 1. The largest absolute Gasteiger partial charge is 0.394 e. The summed E-state index contributed by atoms with van der Waals surface area (Å²) in [5.74, 6) is -0.621. The number of carbonyl (C=O) groups excluding carboxylic acids is 2. The van der Waals surface area contributed by atoms with Crippen LogP contribution in [0.25, 0.3) is 0 Å². The molecule has 2 amide bonds. The van der Waals surface area contributed by atoms with Crippen molar-refractivity contribution >= 4 is 11.8 Å². The lowest BCUT2D eigenvalue weighted by atomic mass is 9.91. The molecule has 3 aliphatic heterocycles. The smallest absolute Gasteiger partial charge is 0.330 e. The monoisotopic (exact) mass is 844 g/mol. The van der Waals surface area contributed by atoms with Crippen LogP contribution in [0.5, 0.6) is 0 Å². The number of nitrogens with one attached hydrogen (secondary N) is 3. The SMILES string of the molecule is CC(=O)N[C@@H]1[C@H](O[C@@H]2O[C@H](CC(O)C3O[C@@H](n4ccc(=O)[nH]c4=O)[C@H](O)[C@@H]3O)[C@H](O)[C@H](O)[C@H]2NC(=O)/C=C\CCCCCCCCCCC(C)C)O[C@@H](CO)[C@H](O)[C@H]1O. The second-order valence-corrected chi connectivity index (χ2v) is 16.1. The van der Waals surface area contributed by atoms with Gasteiger partial charge < -0.3 is 70.4 Å². The third-order valence-corrected chi connectivity index (χ3v) is 11.0. The van der Waals surface area contributed by atoms with Gasteiger partial charge in [0, 0.05) is 25.6 Å². The summed E-state index contributed by atoms with van der Waals surface area (Å²) in [6, 6.07) is -2.01. The van der Waals surface area contributed by atoms with E-state index in [2.05, 4.69) is 24.5 Å². The van der Waals surface area contributed by atoms with E-state index < -0.39 is 128 Å². The van der Waals surface area contributed by atoms with Crippen molar-refractivity contribution in [3.05, 3.63) is 45.3 Å². The van der Waals surface area contributed by atoms with Gasteiger partial charge in [-0.05, 0) is 24.8 Å². The van der Waals surface area contributed by atoms with Crippen LogP contribution in [0.4, 0.5) is 0 Å². The van der Waals surface area contributed by atoms with Crippen LogP contribution in [0, 0.1) is 5.92 Å². The summed E-state index contributed by atoms with van der Waals surface area (Å²) in [5, 5.41) is 91.4. The highest BCUT2D eigenvalue weighted by Gasteiger charge is 2.53. The molecule has 20 nitrogen and oxygen atoms in total. The summed E-state index contributed by atoms with van der Waals surface area (Å²) in [5.41, 5.74) is -1.68. The third-order valence-electron chi connectivity index (χ3n) is 11.0. The quantitative estimate of drug-likeness (QED) is 0.0467. The molecule has 0 saturated carbocycles. The minimum atomic E-state index is -1.85. The summed E-state index contributed by atoms with van der Waals surface area (Å²) < 4.78 is 24.1. The molecule has 1 aromatic rings. The lowest BCUT2D eigenvalue weighted by Crippen LogP contribution is -2.68. The number of allylic oxidation sites excluding steroid dienone is 1. The van der Waals surface area contributed by atoms with Gasteiger partial charge in [-0.25, -0.2) is 4.79 Å². The third kappa shape index (κ3) is 13.4. The van der Waals surface area contributed by atoms with Crippen LogP contribution in [-0.4, -0.2) is 155 Å². The molecule has 20 heteroatoms. The van der Waals surface area contributed by atoms with Crippen molar-refractivity contribution in [3.8, 4) is 0 Å². The molecule has 0 bridgehead atoms. The molecule has 336 valence electrons. The maximum absolute atomic E-state index is 13.1. The second kappa shape index (κ2) is 23.2. The number of ether oxygens (including phenoxy) is 4. The fourth-order valence-electron chi connectivity index (χ4n) is 7.63. The summed E-state index contributed by atoms with van der Waals surface area (Å²) in [4.78, 5) is 51.1. The van der Waals surface area contributed by atoms with E-state index in [9.17, 15) is 60.0 Å². The molecule has 59 heavy (non-hydrogen) atoms. The van der Waals surface area contributed by atoms with Gasteiger partial charge in [0.15, 0.2) is 18.8 Å². The molecule has 0 aromatic carbocycles. The van der Waals surface area contributed by atoms with E-state index in [0.29, 0.717) is 6.42 Å². The van der Waals surface area contributed by atoms with Crippen molar-refractivity contribution in [2.24, 2.45) is 5.92 Å². The zero-order chi connectivity index (χ0) is 43.4. The number of aliphatic hydroxyl groups excluding tert-OH is 8. The fourth-order valence-corrected chi connectivity index (χ4v) is 7.63. The Hall–Kier alpha value is -3.12. The molecular weight excluding hydrogens is 780 g/mol. The zero-order valence-corrected chi connectivity index (χ0v) is 33.8. The Morgan fingerprint density at radius 3 is 1.98 bits per heavy atom. The van der Waals surface area contributed by atoms with E-state index >= 15 is 0 Å². The standard InChI is InChI=1S/C39H64N4O16/c1-20(2)14-12-10-8-6-4-5-7-9-11-13-15-25(47)41-28-32(52)29(49)23(56-38(28)59-37-27(40-21(3)45)31(51)30(50)24(19-44)57-37)18-22(46)35-33(53)34(54)36(58-35)43-17-16-26(48)42-39(43)55/h13,15-17,20,22-24,27-38,44,46,49-54H,4-12,14,18-19H2,1-3H3,(H,40,45)(H,41,47)(H,42,48,55)/b15-13-/t22?,23-,24+,27+,28-,29+,30+,31+,32-,33+,34-,35?,36-,37+,38+/m1/s1. The summed E-state index contributed by atoms with van der Waals surface area (Å²) in [6.45, 7) is 4.81. The first kappa shape index (κ1) is 48.5. The molecule has 11 N–H and O–H groups in total. The van der Waals surface area contributed by atoms with Gasteiger partial charge in [0.05, 0.1) is 18.8 Å². The van der Waals surface area contributed by atoms with Gasteiger partial charge in [-0.15, -0.1) is 0 Å². The summed E-state index contributed by atoms with van der Waals surface area (Å²) in [6.07, 6.45) is -7.65. The van der Waals surface area contributed by atoms with Gasteiger partial charge in [0.1, 0.15) is 60.9 Å². The average molecular weight is 845 g/mol.